The molecule has 0 heterocycles. The summed E-state index contributed by atoms with van der Waals surface area (Å²) < 4.78 is 0. The van der Waals surface area contributed by atoms with Crippen LogP contribution in [0.2, 0.25) is 0 Å². The Balaban J connectivity index is 2.27. The molecule has 1 amide bonds. The molecule has 3 N–H and O–H groups in total. The fraction of sp³-hybridized carbons (Fsp3) is 0.917. The van der Waals surface area contributed by atoms with Crippen molar-refractivity contribution in [3.05, 3.63) is 0 Å². The Bertz CT molecular complexity index is 222. The van der Waals surface area contributed by atoms with E-state index in [1.54, 1.807) is 0 Å². The first-order valence-electron chi connectivity index (χ1n) is 6.30. The van der Waals surface area contributed by atoms with Crippen molar-refractivity contribution in [3.8, 4) is 0 Å². The van der Waals surface area contributed by atoms with Crippen LogP contribution in [0.15, 0.2) is 0 Å². The van der Waals surface area contributed by atoms with Crippen LogP contribution in [0.3, 0.4) is 0 Å². The zero-order valence-electron chi connectivity index (χ0n) is 10.4. The van der Waals surface area contributed by atoms with Gasteiger partial charge in [0.25, 0.3) is 0 Å². The average molecular weight is 228 g/mol. The van der Waals surface area contributed by atoms with Gasteiger partial charge < -0.3 is 10.4 Å². The molecule has 0 radical (unpaired) electrons. The van der Waals surface area contributed by atoms with Gasteiger partial charge in [-0.2, -0.15) is 0 Å². The molecule has 1 aliphatic carbocycles. The topological polar surface area (TPSA) is 61.4 Å². The van der Waals surface area contributed by atoms with Gasteiger partial charge in [-0.1, -0.05) is 13.3 Å². The van der Waals surface area contributed by atoms with Crippen LogP contribution in [0.25, 0.3) is 0 Å². The molecule has 1 atom stereocenters. The van der Waals surface area contributed by atoms with Gasteiger partial charge in [0.1, 0.15) is 0 Å². The van der Waals surface area contributed by atoms with E-state index < -0.39 is 0 Å². The second-order valence-electron chi connectivity index (χ2n) is 4.80. The lowest BCUT2D eigenvalue weighted by Gasteiger charge is -2.42. The third kappa shape index (κ3) is 3.46. The van der Waals surface area contributed by atoms with E-state index in [1.807, 2.05) is 6.92 Å². The van der Waals surface area contributed by atoms with E-state index in [1.165, 1.54) is 0 Å². The Kier molecular flexibility index (Phi) is 5.22. The molecule has 1 saturated carbocycles. The van der Waals surface area contributed by atoms with Gasteiger partial charge in [0.15, 0.2) is 0 Å². The van der Waals surface area contributed by atoms with Crippen molar-refractivity contribution in [1.29, 1.82) is 0 Å². The van der Waals surface area contributed by atoms with Crippen LogP contribution in [0.1, 0.15) is 46.0 Å². The first-order chi connectivity index (χ1) is 7.63. The normalized spacial score (nSPS) is 19.9. The fourth-order valence-corrected chi connectivity index (χ4v) is 2.02. The number of aliphatic hydroxyl groups is 1. The monoisotopic (exact) mass is 228 g/mol. The molecule has 0 aromatic rings. The van der Waals surface area contributed by atoms with Gasteiger partial charge in [0, 0.05) is 12.1 Å². The lowest BCUT2D eigenvalue weighted by molar-refractivity contribution is -0.123. The lowest BCUT2D eigenvalue weighted by Crippen LogP contribution is -2.60. The molecule has 1 aliphatic rings. The van der Waals surface area contributed by atoms with E-state index in [0.29, 0.717) is 0 Å². The van der Waals surface area contributed by atoms with Gasteiger partial charge in [-0.15, -0.1) is 0 Å². The van der Waals surface area contributed by atoms with Gasteiger partial charge in [0.2, 0.25) is 5.91 Å². The van der Waals surface area contributed by atoms with Crippen molar-refractivity contribution >= 4 is 5.91 Å². The quantitative estimate of drug-likeness (QED) is 0.565. The van der Waals surface area contributed by atoms with Crippen molar-refractivity contribution in [1.82, 2.24) is 10.6 Å². The van der Waals surface area contributed by atoms with Gasteiger partial charge in [-0.3, -0.25) is 10.1 Å². The zero-order chi connectivity index (χ0) is 12.0. The molecule has 1 rings (SSSR count). The lowest BCUT2D eigenvalue weighted by atomic mass is 9.77. The Hall–Kier alpha value is -0.610. The molecule has 0 spiro atoms. The highest BCUT2D eigenvalue weighted by molar-refractivity contribution is 5.81. The largest absolute Gasteiger partial charge is 0.394 e. The minimum atomic E-state index is -0.218. The fourth-order valence-electron chi connectivity index (χ4n) is 2.02. The second-order valence-corrected chi connectivity index (χ2v) is 4.80. The second kappa shape index (κ2) is 6.21. The van der Waals surface area contributed by atoms with Crippen LogP contribution in [0, 0.1) is 0 Å². The Labute approximate surface area is 97.8 Å². The minimum absolute atomic E-state index is 0.0353. The number of amides is 1. The predicted molar refractivity (Wildman–Crippen MR) is 64.2 cm³/mol. The Morgan fingerprint density at radius 3 is 2.62 bits per heavy atom. The third-order valence-corrected chi connectivity index (χ3v) is 3.36. The highest BCUT2D eigenvalue weighted by atomic mass is 16.3. The van der Waals surface area contributed by atoms with Crippen LogP contribution in [-0.2, 0) is 4.79 Å². The maximum absolute atomic E-state index is 11.7. The van der Waals surface area contributed by atoms with Crippen LogP contribution in [0.4, 0.5) is 0 Å². The average Bonchev–Trinajstić information content (AvgIpc) is 2.23. The van der Waals surface area contributed by atoms with E-state index in [-0.39, 0.29) is 24.1 Å². The molecule has 0 saturated heterocycles. The number of rotatable bonds is 7. The molecule has 1 unspecified atom stereocenters. The van der Waals surface area contributed by atoms with Crippen molar-refractivity contribution < 1.29 is 9.90 Å². The highest BCUT2D eigenvalue weighted by Gasteiger charge is 2.38. The molecule has 0 aliphatic heterocycles. The van der Waals surface area contributed by atoms with Gasteiger partial charge in [-0.25, -0.2) is 0 Å². The molecule has 16 heavy (non-hydrogen) atoms. The number of aliphatic hydroxyl groups excluding tert-OH is 1. The number of hydrogen-bond donors (Lipinski definition) is 3. The summed E-state index contributed by atoms with van der Waals surface area (Å²) in [6.45, 7) is 4.83. The van der Waals surface area contributed by atoms with Crippen molar-refractivity contribution in [2.24, 2.45) is 0 Å². The standard InChI is InChI=1S/C12H24N2O2/c1-3-4-8-13-11(16)10(2)14-12(9-15)6-5-7-12/h10,14-15H,3-9H2,1-2H3,(H,13,16). The van der Waals surface area contributed by atoms with Crippen molar-refractivity contribution in [2.45, 2.75) is 57.5 Å². The van der Waals surface area contributed by atoms with Gasteiger partial charge >= 0.3 is 0 Å². The van der Waals surface area contributed by atoms with E-state index in [2.05, 4.69) is 17.6 Å². The van der Waals surface area contributed by atoms with E-state index in [0.717, 1.165) is 38.6 Å². The minimum Gasteiger partial charge on any atom is -0.394 e. The summed E-state index contributed by atoms with van der Waals surface area (Å²) >= 11 is 0. The number of carbonyl (C=O) groups excluding carboxylic acids is 1. The third-order valence-electron chi connectivity index (χ3n) is 3.36. The van der Waals surface area contributed by atoms with E-state index in [4.69, 9.17) is 0 Å². The molecule has 4 heteroatoms. The molecule has 94 valence electrons. The van der Waals surface area contributed by atoms with Crippen molar-refractivity contribution in [2.75, 3.05) is 13.2 Å². The summed E-state index contributed by atoms with van der Waals surface area (Å²) in [5.41, 5.74) is -0.193. The maximum atomic E-state index is 11.7. The first kappa shape index (κ1) is 13.5. The van der Waals surface area contributed by atoms with E-state index in [9.17, 15) is 9.90 Å². The number of carbonyl (C=O) groups is 1. The van der Waals surface area contributed by atoms with Crippen LogP contribution in [0.5, 0.6) is 0 Å². The van der Waals surface area contributed by atoms with Crippen molar-refractivity contribution in [3.63, 3.8) is 0 Å². The molecule has 4 nitrogen and oxygen atoms in total. The summed E-state index contributed by atoms with van der Waals surface area (Å²) in [7, 11) is 0. The molecule has 1 fully saturated rings. The maximum Gasteiger partial charge on any atom is 0.236 e. The number of unbranched alkanes of at least 4 members (excludes halogenated alkanes) is 1. The predicted octanol–water partition coefficient (Wildman–Crippen LogP) is 0.796. The smallest absolute Gasteiger partial charge is 0.236 e. The molecule has 0 aromatic heterocycles. The highest BCUT2D eigenvalue weighted by Crippen LogP contribution is 2.31. The van der Waals surface area contributed by atoms with E-state index >= 15 is 0 Å². The number of nitrogens with one attached hydrogen (secondary N) is 2. The van der Waals surface area contributed by atoms with Gasteiger partial charge in [-0.05, 0) is 32.6 Å². The van der Waals surface area contributed by atoms with Crippen LogP contribution < -0.4 is 10.6 Å². The molecular formula is C12H24N2O2. The van der Waals surface area contributed by atoms with Crippen LogP contribution in [-0.4, -0.2) is 35.7 Å². The first-order valence-corrected chi connectivity index (χ1v) is 6.30. The molecule has 0 aromatic carbocycles. The summed E-state index contributed by atoms with van der Waals surface area (Å²) in [6.07, 6.45) is 5.18. The summed E-state index contributed by atoms with van der Waals surface area (Å²) in [5, 5.41) is 15.4. The summed E-state index contributed by atoms with van der Waals surface area (Å²) in [4.78, 5) is 11.7. The summed E-state index contributed by atoms with van der Waals surface area (Å²) in [6, 6.07) is -0.218. The Morgan fingerprint density at radius 1 is 1.50 bits per heavy atom. The molecule has 0 bridgehead atoms. The zero-order valence-corrected chi connectivity index (χ0v) is 10.4. The summed E-state index contributed by atoms with van der Waals surface area (Å²) in [5.74, 6) is 0.0353. The molecular weight excluding hydrogens is 204 g/mol. The van der Waals surface area contributed by atoms with Gasteiger partial charge in [0.05, 0.1) is 12.6 Å². The van der Waals surface area contributed by atoms with Crippen LogP contribution >= 0.6 is 0 Å². The Morgan fingerprint density at radius 2 is 2.19 bits per heavy atom. The number of hydrogen-bond acceptors (Lipinski definition) is 3. The SMILES string of the molecule is CCCCNC(=O)C(C)NC1(CO)CCC1.